The molecule has 1 nitrogen and oxygen atoms in total. The van der Waals surface area contributed by atoms with Crippen LogP contribution in [0.3, 0.4) is 0 Å². The van der Waals surface area contributed by atoms with E-state index < -0.39 is 0 Å². The van der Waals surface area contributed by atoms with Crippen LogP contribution in [0.5, 0.6) is 0 Å². The molecule has 0 bridgehead atoms. The Hall–Kier alpha value is -6.70. The van der Waals surface area contributed by atoms with Crippen LogP contribution in [0, 0.1) is 0 Å². The van der Waals surface area contributed by atoms with Crippen molar-refractivity contribution in [1.82, 2.24) is 0 Å². The standard InChI is InChI=1S/C50H35N/c1-3-16-39(17-4-1)46-22-11-12-23-48(46)50-47(40-18-5-2-6-19-40)24-13-25-49(50)51(45-33-30-37-15-8-10-21-42(37)35-45)44-31-28-38(29-32-44)43-27-26-36-14-7-9-20-41(36)34-43/h1-35H. The highest BCUT2D eigenvalue weighted by Crippen LogP contribution is 2.48. The lowest BCUT2D eigenvalue weighted by Crippen LogP contribution is -2.12. The van der Waals surface area contributed by atoms with Gasteiger partial charge >= 0.3 is 0 Å². The first kappa shape index (κ1) is 30.4. The van der Waals surface area contributed by atoms with Gasteiger partial charge in [0.2, 0.25) is 0 Å². The topological polar surface area (TPSA) is 3.24 Å². The van der Waals surface area contributed by atoms with Crippen LogP contribution in [0.1, 0.15) is 0 Å². The third-order valence-electron chi connectivity index (χ3n) is 9.85. The van der Waals surface area contributed by atoms with E-state index in [4.69, 9.17) is 0 Å². The zero-order valence-corrected chi connectivity index (χ0v) is 28.2. The van der Waals surface area contributed by atoms with Crippen LogP contribution in [0.2, 0.25) is 0 Å². The number of rotatable bonds is 7. The minimum absolute atomic E-state index is 1.10. The van der Waals surface area contributed by atoms with Gasteiger partial charge in [-0.15, -0.1) is 0 Å². The van der Waals surface area contributed by atoms with Crippen LogP contribution in [-0.4, -0.2) is 0 Å². The minimum atomic E-state index is 1.10. The monoisotopic (exact) mass is 649 g/mol. The van der Waals surface area contributed by atoms with Gasteiger partial charge in [0.1, 0.15) is 0 Å². The summed E-state index contributed by atoms with van der Waals surface area (Å²) >= 11 is 0. The van der Waals surface area contributed by atoms with Crippen LogP contribution in [0.4, 0.5) is 17.1 Å². The van der Waals surface area contributed by atoms with E-state index in [0.29, 0.717) is 0 Å². The molecule has 0 aromatic heterocycles. The molecule has 240 valence electrons. The second-order valence-electron chi connectivity index (χ2n) is 13.0. The Morgan fingerprint density at radius 1 is 0.255 bits per heavy atom. The zero-order valence-electron chi connectivity index (χ0n) is 28.2. The molecule has 9 aromatic rings. The van der Waals surface area contributed by atoms with Crippen molar-refractivity contribution in [3.63, 3.8) is 0 Å². The minimum Gasteiger partial charge on any atom is -0.310 e. The van der Waals surface area contributed by atoms with E-state index in [2.05, 4.69) is 217 Å². The van der Waals surface area contributed by atoms with Gasteiger partial charge in [0.05, 0.1) is 5.69 Å². The molecule has 51 heavy (non-hydrogen) atoms. The third-order valence-corrected chi connectivity index (χ3v) is 9.85. The predicted octanol–water partition coefficient (Wildman–Crippen LogP) is 14.1. The second-order valence-corrected chi connectivity index (χ2v) is 13.0. The molecule has 0 aliphatic rings. The third kappa shape index (κ3) is 5.86. The normalized spacial score (nSPS) is 11.1. The smallest absolute Gasteiger partial charge is 0.0546 e. The first-order valence-corrected chi connectivity index (χ1v) is 17.5. The average Bonchev–Trinajstić information content (AvgIpc) is 3.21. The highest BCUT2D eigenvalue weighted by Gasteiger charge is 2.23. The van der Waals surface area contributed by atoms with E-state index in [1.807, 2.05) is 0 Å². The van der Waals surface area contributed by atoms with E-state index in [0.717, 1.165) is 17.1 Å². The molecule has 0 N–H and O–H groups in total. The largest absolute Gasteiger partial charge is 0.310 e. The number of anilines is 3. The Balaban J connectivity index is 1.28. The molecule has 0 aliphatic heterocycles. The summed E-state index contributed by atoms with van der Waals surface area (Å²) in [7, 11) is 0. The molecular formula is C50H35N. The molecule has 0 atom stereocenters. The van der Waals surface area contributed by atoms with Crippen molar-refractivity contribution in [2.75, 3.05) is 4.90 Å². The van der Waals surface area contributed by atoms with Crippen LogP contribution in [0.25, 0.3) is 66.1 Å². The van der Waals surface area contributed by atoms with E-state index in [-0.39, 0.29) is 0 Å². The first-order valence-electron chi connectivity index (χ1n) is 17.5. The predicted molar refractivity (Wildman–Crippen MR) is 218 cm³/mol. The van der Waals surface area contributed by atoms with Gasteiger partial charge in [0.25, 0.3) is 0 Å². The summed E-state index contributed by atoms with van der Waals surface area (Å²) < 4.78 is 0. The highest BCUT2D eigenvalue weighted by atomic mass is 15.1. The lowest BCUT2D eigenvalue weighted by molar-refractivity contribution is 1.29. The molecule has 0 radical (unpaired) electrons. The molecule has 1 heteroatoms. The molecule has 0 unspecified atom stereocenters. The van der Waals surface area contributed by atoms with Crippen molar-refractivity contribution in [2.24, 2.45) is 0 Å². The van der Waals surface area contributed by atoms with E-state index >= 15 is 0 Å². The highest BCUT2D eigenvalue weighted by molar-refractivity contribution is 6.02. The molecule has 0 amide bonds. The van der Waals surface area contributed by atoms with Gasteiger partial charge < -0.3 is 4.90 Å². The lowest BCUT2D eigenvalue weighted by atomic mass is 9.87. The quantitative estimate of drug-likeness (QED) is 0.166. The maximum Gasteiger partial charge on any atom is 0.0546 e. The van der Waals surface area contributed by atoms with E-state index in [9.17, 15) is 0 Å². The van der Waals surface area contributed by atoms with Crippen molar-refractivity contribution in [2.45, 2.75) is 0 Å². The van der Waals surface area contributed by atoms with Crippen LogP contribution < -0.4 is 4.90 Å². The molecule has 9 aromatic carbocycles. The van der Waals surface area contributed by atoms with Gasteiger partial charge in [-0.25, -0.2) is 0 Å². The van der Waals surface area contributed by atoms with Crippen molar-refractivity contribution >= 4 is 38.6 Å². The summed E-state index contributed by atoms with van der Waals surface area (Å²) in [6.45, 7) is 0. The fourth-order valence-electron chi connectivity index (χ4n) is 7.35. The van der Waals surface area contributed by atoms with Gasteiger partial charge in [0.15, 0.2) is 0 Å². The molecule has 0 fully saturated rings. The molecule has 9 rings (SSSR count). The molecule has 0 saturated carbocycles. The number of hydrogen-bond donors (Lipinski definition) is 0. The van der Waals surface area contributed by atoms with Gasteiger partial charge in [-0.2, -0.15) is 0 Å². The summed E-state index contributed by atoms with van der Waals surface area (Å²) in [5.41, 5.74) is 12.9. The Morgan fingerprint density at radius 2 is 0.745 bits per heavy atom. The van der Waals surface area contributed by atoms with Crippen LogP contribution in [-0.2, 0) is 0 Å². The van der Waals surface area contributed by atoms with Gasteiger partial charge in [-0.05, 0) is 96.9 Å². The summed E-state index contributed by atoms with van der Waals surface area (Å²) in [5, 5.41) is 4.93. The zero-order chi connectivity index (χ0) is 34.0. The van der Waals surface area contributed by atoms with Gasteiger partial charge in [-0.1, -0.05) is 176 Å². The Labute approximate surface area is 299 Å². The number of nitrogens with zero attached hydrogens (tertiary/aromatic N) is 1. The number of hydrogen-bond acceptors (Lipinski definition) is 1. The number of benzene rings is 9. The number of fused-ring (bicyclic) bond motifs is 2. The molecule has 0 heterocycles. The van der Waals surface area contributed by atoms with Crippen molar-refractivity contribution in [3.8, 4) is 44.5 Å². The molecule has 0 saturated heterocycles. The Kier molecular flexibility index (Phi) is 7.92. The van der Waals surface area contributed by atoms with E-state index in [1.165, 1.54) is 66.1 Å². The summed E-state index contributed by atoms with van der Waals surface area (Å²) in [4.78, 5) is 2.43. The maximum atomic E-state index is 2.43. The van der Waals surface area contributed by atoms with Crippen molar-refractivity contribution in [3.05, 3.63) is 212 Å². The Morgan fingerprint density at radius 3 is 1.43 bits per heavy atom. The molecular weight excluding hydrogens is 615 g/mol. The van der Waals surface area contributed by atoms with Crippen LogP contribution in [0.15, 0.2) is 212 Å². The van der Waals surface area contributed by atoms with Gasteiger partial charge in [-0.3, -0.25) is 0 Å². The fraction of sp³-hybridized carbons (Fsp3) is 0. The van der Waals surface area contributed by atoms with Crippen molar-refractivity contribution in [1.29, 1.82) is 0 Å². The summed E-state index contributed by atoms with van der Waals surface area (Å²) in [5.74, 6) is 0. The maximum absolute atomic E-state index is 2.43. The summed E-state index contributed by atoms with van der Waals surface area (Å²) in [6.07, 6.45) is 0. The molecule has 0 spiro atoms. The lowest BCUT2D eigenvalue weighted by Gasteiger charge is -2.30. The average molecular weight is 650 g/mol. The first-order chi connectivity index (χ1) is 25.3. The van der Waals surface area contributed by atoms with Crippen LogP contribution >= 0.6 is 0 Å². The fourth-order valence-corrected chi connectivity index (χ4v) is 7.35. The van der Waals surface area contributed by atoms with E-state index in [1.54, 1.807) is 0 Å². The summed E-state index contributed by atoms with van der Waals surface area (Å²) in [6, 6.07) is 76.8. The second kappa shape index (κ2) is 13.3. The van der Waals surface area contributed by atoms with Crippen molar-refractivity contribution < 1.29 is 0 Å². The Bertz CT molecular complexity index is 2620. The molecule has 0 aliphatic carbocycles. The van der Waals surface area contributed by atoms with Gasteiger partial charge in [0, 0.05) is 16.9 Å². The SMILES string of the molecule is c1ccc(-c2ccccc2-c2c(-c3ccccc3)cccc2N(c2ccc(-c3ccc4ccccc4c3)cc2)c2ccc3ccccc3c2)cc1.